The number of nitrogens with zero attached hydrogens (tertiary/aromatic N) is 3. The molecule has 5 heterocycles. The molecule has 4 aliphatic heterocycles. The van der Waals surface area contributed by atoms with E-state index in [-0.39, 0.29) is 53.4 Å². The van der Waals surface area contributed by atoms with Crippen molar-refractivity contribution in [1.82, 2.24) is 19.7 Å². The van der Waals surface area contributed by atoms with Crippen molar-refractivity contribution in [1.29, 1.82) is 0 Å². The first kappa shape index (κ1) is 23.8. The molecule has 0 radical (unpaired) electrons. The van der Waals surface area contributed by atoms with Crippen LogP contribution in [-0.4, -0.2) is 96.1 Å². The van der Waals surface area contributed by atoms with Crippen LogP contribution in [0.2, 0.25) is 0 Å². The lowest BCUT2D eigenvalue weighted by Crippen LogP contribution is -2.54. The fourth-order valence-electron chi connectivity index (χ4n) is 6.68. The van der Waals surface area contributed by atoms with E-state index in [2.05, 4.69) is 15.4 Å². The maximum Gasteiger partial charge on any atom is 0.273 e. The number of carbonyl (C=O) groups is 1. The molecule has 11 heteroatoms. The average molecular weight is 509 g/mol. The second kappa shape index (κ2) is 9.41. The number of sulfonamides is 1. The van der Waals surface area contributed by atoms with Crippen LogP contribution in [0.4, 0.5) is 0 Å². The molecule has 0 spiro atoms. The van der Waals surface area contributed by atoms with Crippen molar-refractivity contribution in [2.45, 2.75) is 87.6 Å². The van der Waals surface area contributed by atoms with Crippen LogP contribution < -0.4 is 5.32 Å². The number of hydrogen-bond acceptors (Lipinski definition) is 8. The molecule has 194 valence electrons. The van der Waals surface area contributed by atoms with Crippen LogP contribution in [0.5, 0.6) is 0 Å². The molecule has 1 saturated carbocycles. The molecule has 1 aliphatic carbocycles. The molecule has 1 amide bonds. The van der Waals surface area contributed by atoms with E-state index >= 15 is 0 Å². The zero-order valence-electron chi connectivity index (χ0n) is 20.0. The lowest BCUT2D eigenvalue weighted by Gasteiger charge is -2.44. The van der Waals surface area contributed by atoms with Gasteiger partial charge in [0.1, 0.15) is 5.76 Å². The topological polar surface area (TPSA) is 125 Å². The van der Waals surface area contributed by atoms with Crippen LogP contribution in [0.3, 0.4) is 0 Å². The lowest BCUT2D eigenvalue weighted by molar-refractivity contribution is -0.0103. The number of aromatic nitrogens is 1. The Morgan fingerprint density at radius 1 is 1.06 bits per heavy atom. The van der Waals surface area contributed by atoms with E-state index < -0.39 is 10.0 Å². The maximum atomic E-state index is 13.5. The van der Waals surface area contributed by atoms with Crippen molar-refractivity contribution in [3.05, 3.63) is 17.5 Å². The van der Waals surface area contributed by atoms with Gasteiger partial charge in [-0.3, -0.25) is 4.79 Å². The van der Waals surface area contributed by atoms with Crippen LogP contribution in [0.25, 0.3) is 0 Å². The Hall–Kier alpha value is -1.53. The predicted molar refractivity (Wildman–Crippen MR) is 126 cm³/mol. The molecule has 2 atom stereocenters. The number of ether oxygens (including phenoxy) is 1. The van der Waals surface area contributed by atoms with Gasteiger partial charge in [0.25, 0.3) is 5.91 Å². The third kappa shape index (κ3) is 4.77. The van der Waals surface area contributed by atoms with Crippen LogP contribution >= 0.6 is 0 Å². The molecule has 4 saturated heterocycles. The summed E-state index contributed by atoms with van der Waals surface area (Å²) < 4.78 is 39.2. The van der Waals surface area contributed by atoms with Gasteiger partial charge in [-0.25, -0.2) is 8.42 Å². The quantitative estimate of drug-likeness (QED) is 0.561. The Kier molecular flexibility index (Phi) is 6.41. The zero-order valence-corrected chi connectivity index (χ0v) is 20.9. The van der Waals surface area contributed by atoms with Gasteiger partial charge in [-0.2, -0.15) is 4.31 Å². The number of likely N-dealkylation sites (tertiary alicyclic amines) is 1. The molecular weight excluding hydrogens is 472 g/mol. The molecule has 0 aromatic carbocycles. The SMILES string of the molecule is O=C(NC1CC2CCC(C1)N2S(=O)(=O)CC1CCN(C2CC(O)C2)CC1)c1cc(C2COC2)on1. The second-order valence-corrected chi connectivity index (χ2v) is 13.2. The van der Waals surface area contributed by atoms with E-state index in [9.17, 15) is 18.3 Å². The number of aliphatic hydroxyl groups is 1. The van der Waals surface area contributed by atoms with E-state index in [1.165, 1.54) is 0 Å². The van der Waals surface area contributed by atoms with Gasteiger partial charge in [0.15, 0.2) is 5.69 Å². The van der Waals surface area contributed by atoms with Gasteiger partial charge in [0.2, 0.25) is 10.0 Å². The van der Waals surface area contributed by atoms with Crippen molar-refractivity contribution >= 4 is 15.9 Å². The highest BCUT2D eigenvalue weighted by atomic mass is 32.2. The number of piperidine rings is 2. The highest BCUT2D eigenvalue weighted by molar-refractivity contribution is 7.89. The minimum atomic E-state index is -3.34. The Bertz CT molecular complexity index is 1010. The lowest BCUT2D eigenvalue weighted by atomic mass is 9.86. The third-order valence-corrected chi connectivity index (χ3v) is 11.0. The highest BCUT2D eigenvalue weighted by Gasteiger charge is 2.47. The van der Waals surface area contributed by atoms with Crippen LogP contribution in [0.15, 0.2) is 10.6 Å². The Labute approximate surface area is 206 Å². The van der Waals surface area contributed by atoms with Gasteiger partial charge in [-0.15, -0.1) is 0 Å². The maximum absolute atomic E-state index is 13.5. The number of carbonyl (C=O) groups excluding carboxylic acids is 1. The van der Waals surface area contributed by atoms with Gasteiger partial charge in [-0.05, 0) is 70.4 Å². The normalized spacial score (nSPS) is 34.9. The summed E-state index contributed by atoms with van der Waals surface area (Å²) in [6, 6.07) is 2.03. The summed E-state index contributed by atoms with van der Waals surface area (Å²) in [5.41, 5.74) is 0.275. The Morgan fingerprint density at radius 2 is 1.74 bits per heavy atom. The van der Waals surface area contributed by atoms with Crippen LogP contribution in [0, 0.1) is 5.92 Å². The van der Waals surface area contributed by atoms with Gasteiger partial charge >= 0.3 is 0 Å². The average Bonchev–Trinajstić information content (AvgIpc) is 3.34. The van der Waals surface area contributed by atoms with Gasteiger partial charge in [0, 0.05) is 30.2 Å². The molecular formula is C24H36N4O6S. The van der Waals surface area contributed by atoms with E-state index in [0.717, 1.165) is 51.6 Å². The number of hydrogen-bond donors (Lipinski definition) is 2. The minimum absolute atomic E-state index is 0.0411. The number of fused-ring (bicyclic) bond motifs is 2. The van der Waals surface area contributed by atoms with E-state index in [0.29, 0.717) is 37.9 Å². The predicted octanol–water partition coefficient (Wildman–Crippen LogP) is 1.08. The van der Waals surface area contributed by atoms with Gasteiger partial charge in [0.05, 0.1) is 31.0 Å². The standard InChI is InChI=1S/C24H36N4O6S/c29-21-9-20(10-21)27-5-3-15(4-6-27)14-35(31,32)28-18-1-2-19(28)8-17(7-18)25-24(30)22-11-23(34-26-22)16-12-33-13-16/h11,15-21,29H,1-10,12-14H2,(H,25,30). The van der Waals surface area contributed by atoms with Crippen molar-refractivity contribution in [2.75, 3.05) is 32.1 Å². The minimum Gasteiger partial charge on any atom is -0.393 e. The fraction of sp³-hybridized carbons (Fsp3) is 0.833. The summed E-state index contributed by atoms with van der Waals surface area (Å²) in [6.07, 6.45) is 6.35. The molecule has 2 bridgehead atoms. The molecule has 2 N–H and O–H groups in total. The summed E-state index contributed by atoms with van der Waals surface area (Å²) in [5.74, 6) is 1.02. The highest BCUT2D eigenvalue weighted by Crippen LogP contribution is 2.39. The number of rotatable bonds is 7. The molecule has 5 fully saturated rings. The van der Waals surface area contributed by atoms with E-state index in [1.807, 2.05) is 0 Å². The first-order valence-corrected chi connectivity index (χ1v) is 14.7. The molecule has 1 aromatic heterocycles. The summed E-state index contributed by atoms with van der Waals surface area (Å²) in [4.78, 5) is 15.2. The Balaban J connectivity index is 1.02. The number of amides is 1. The third-order valence-electron chi connectivity index (χ3n) is 8.82. The molecule has 35 heavy (non-hydrogen) atoms. The Morgan fingerprint density at radius 3 is 2.34 bits per heavy atom. The van der Waals surface area contributed by atoms with Crippen molar-refractivity contribution in [3.8, 4) is 0 Å². The van der Waals surface area contributed by atoms with E-state index in [1.54, 1.807) is 10.4 Å². The van der Waals surface area contributed by atoms with Crippen LogP contribution in [-0.2, 0) is 14.8 Å². The molecule has 10 nitrogen and oxygen atoms in total. The molecule has 5 aliphatic rings. The summed E-state index contributed by atoms with van der Waals surface area (Å²) in [7, 11) is -3.34. The van der Waals surface area contributed by atoms with Crippen molar-refractivity contribution in [2.24, 2.45) is 5.92 Å². The smallest absolute Gasteiger partial charge is 0.273 e. The monoisotopic (exact) mass is 508 g/mol. The zero-order chi connectivity index (χ0) is 24.2. The van der Waals surface area contributed by atoms with Crippen LogP contribution in [0.1, 0.15) is 73.5 Å². The molecule has 6 rings (SSSR count). The van der Waals surface area contributed by atoms with Gasteiger partial charge < -0.3 is 24.6 Å². The first-order chi connectivity index (χ1) is 16.9. The largest absolute Gasteiger partial charge is 0.393 e. The summed E-state index contributed by atoms with van der Waals surface area (Å²) in [6.45, 7) is 3.04. The van der Waals surface area contributed by atoms with Crippen molar-refractivity contribution in [3.63, 3.8) is 0 Å². The van der Waals surface area contributed by atoms with E-state index in [4.69, 9.17) is 9.26 Å². The first-order valence-electron chi connectivity index (χ1n) is 13.1. The number of aliphatic hydroxyl groups excluding tert-OH is 1. The molecule has 1 aromatic rings. The van der Waals surface area contributed by atoms with Gasteiger partial charge in [-0.1, -0.05) is 5.16 Å². The summed E-state index contributed by atoms with van der Waals surface area (Å²) >= 11 is 0. The fourth-order valence-corrected chi connectivity index (χ4v) is 9.07. The molecule has 2 unspecified atom stereocenters. The van der Waals surface area contributed by atoms with Crippen molar-refractivity contribution < 1.29 is 27.6 Å². The second-order valence-electron chi connectivity index (χ2n) is 11.2. The summed E-state index contributed by atoms with van der Waals surface area (Å²) in [5, 5.41) is 16.6. The number of nitrogens with one attached hydrogen (secondary N) is 1.